The fraction of sp³-hybridized carbons (Fsp3) is 0.231. The monoisotopic (exact) mass is 259 g/mol. The van der Waals surface area contributed by atoms with Gasteiger partial charge in [0.2, 0.25) is 0 Å². The number of carbonyl (C=O) groups is 2. The second-order valence-corrected chi connectivity index (χ2v) is 4.44. The third-order valence-corrected chi connectivity index (χ3v) is 3.26. The molecule has 0 aliphatic carbocycles. The van der Waals surface area contributed by atoms with Crippen molar-refractivity contribution < 1.29 is 14.3 Å². The molecule has 0 radical (unpaired) electrons. The van der Waals surface area contributed by atoms with Gasteiger partial charge in [-0.3, -0.25) is 10.1 Å². The fourth-order valence-electron chi connectivity index (χ4n) is 2.28. The van der Waals surface area contributed by atoms with E-state index in [1.807, 2.05) is 24.4 Å². The van der Waals surface area contributed by atoms with Crippen LogP contribution in [0, 0.1) is 0 Å². The maximum atomic E-state index is 11.5. The molecule has 1 saturated heterocycles. The molecule has 3 amide bonds. The Morgan fingerprint density at radius 3 is 2.84 bits per heavy atom. The maximum absolute atomic E-state index is 11.5. The third-order valence-electron chi connectivity index (χ3n) is 3.26. The third kappa shape index (κ3) is 2.01. The number of aromatic nitrogens is 1. The summed E-state index contributed by atoms with van der Waals surface area (Å²) in [5, 5.41) is 5.81. The van der Waals surface area contributed by atoms with Crippen LogP contribution in [0.3, 0.4) is 0 Å². The second-order valence-electron chi connectivity index (χ2n) is 4.44. The number of urea groups is 1. The summed E-state index contributed by atoms with van der Waals surface area (Å²) in [7, 11) is 1.61. The quantitative estimate of drug-likeness (QED) is 0.717. The van der Waals surface area contributed by atoms with Crippen LogP contribution in [0.2, 0.25) is 0 Å². The molecule has 0 spiro atoms. The summed E-state index contributed by atoms with van der Waals surface area (Å²) in [6, 6.07) is 4.75. The van der Waals surface area contributed by atoms with Crippen molar-refractivity contribution in [1.82, 2.24) is 15.6 Å². The van der Waals surface area contributed by atoms with Gasteiger partial charge in [0.05, 0.1) is 7.11 Å². The Morgan fingerprint density at radius 1 is 1.32 bits per heavy atom. The molecule has 1 aliphatic heterocycles. The lowest BCUT2D eigenvalue weighted by Gasteiger charge is -2.06. The number of fused-ring (bicyclic) bond motifs is 1. The molecule has 1 fully saturated rings. The van der Waals surface area contributed by atoms with Gasteiger partial charge in [-0.2, -0.15) is 0 Å². The van der Waals surface area contributed by atoms with Crippen molar-refractivity contribution in [2.75, 3.05) is 7.11 Å². The number of hydrogen-bond acceptors (Lipinski definition) is 3. The average molecular weight is 259 g/mol. The van der Waals surface area contributed by atoms with Gasteiger partial charge in [0.15, 0.2) is 0 Å². The van der Waals surface area contributed by atoms with Gasteiger partial charge >= 0.3 is 6.03 Å². The Labute approximate surface area is 109 Å². The molecule has 3 N–H and O–H groups in total. The molecule has 6 nitrogen and oxygen atoms in total. The number of benzene rings is 1. The summed E-state index contributed by atoms with van der Waals surface area (Å²) in [5.41, 5.74) is 1.94. The van der Waals surface area contributed by atoms with E-state index in [2.05, 4.69) is 15.6 Å². The molecule has 2 heterocycles. The summed E-state index contributed by atoms with van der Waals surface area (Å²) in [5.74, 6) is 0.468. The smallest absolute Gasteiger partial charge is 0.322 e. The number of carbonyl (C=O) groups excluding carboxylic acids is 2. The highest BCUT2D eigenvalue weighted by Crippen LogP contribution is 2.24. The minimum atomic E-state index is -0.516. The van der Waals surface area contributed by atoms with Crippen molar-refractivity contribution in [2.45, 2.75) is 12.5 Å². The van der Waals surface area contributed by atoms with E-state index in [0.717, 1.165) is 22.2 Å². The first kappa shape index (κ1) is 11.6. The number of aromatic amines is 1. The fourth-order valence-corrected chi connectivity index (χ4v) is 2.28. The first-order valence-corrected chi connectivity index (χ1v) is 5.93. The summed E-state index contributed by atoms with van der Waals surface area (Å²) in [6.45, 7) is 0. The molecule has 3 rings (SSSR count). The lowest BCUT2D eigenvalue weighted by molar-refractivity contribution is -0.120. The minimum absolute atomic E-state index is 0.290. The second kappa shape index (κ2) is 4.31. The van der Waals surface area contributed by atoms with Crippen LogP contribution in [-0.2, 0) is 11.2 Å². The van der Waals surface area contributed by atoms with E-state index in [0.29, 0.717) is 6.42 Å². The molecule has 1 aromatic heterocycles. The van der Waals surface area contributed by atoms with Crippen molar-refractivity contribution in [3.8, 4) is 5.75 Å². The number of hydrogen-bond donors (Lipinski definition) is 3. The van der Waals surface area contributed by atoms with Crippen LogP contribution in [-0.4, -0.2) is 30.1 Å². The molecule has 1 aliphatic rings. The number of methoxy groups -OCH3 is 1. The number of rotatable bonds is 3. The first-order valence-electron chi connectivity index (χ1n) is 5.93. The van der Waals surface area contributed by atoms with Gasteiger partial charge in [-0.05, 0) is 23.8 Å². The molecular weight excluding hydrogens is 246 g/mol. The summed E-state index contributed by atoms with van der Waals surface area (Å²) >= 11 is 0. The van der Waals surface area contributed by atoms with E-state index in [4.69, 9.17) is 4.74 Å². The van der Waals surface area contributed by atoms with Gasteiger partial charge in [-0.25, -0.2) is 4.79 Å². The summed E-state index contributed by atoms with van der Waals surface area (Å²) in [6.07, 6.45) is 2.30. The van der Waals surface area contributed by atoms with Crippen molar-refractivity contribution in [3.05, 3.63) is 30.0 Å². The molecule has 0 saturated carbocycles. The highest BCUT2D eigenvalue weighted by atomic mass is 16.5. The zero-order valence-electron chi connectivity index (χ0n) is 10.3. The number of amides is 3. The van der Waals surface area contributed by atoms with Crippen molar-refractivity contribution >= 4 is 22.8 Å². The zero-order valence-corrected chi connectivity index (χ0v) is 10.3. The van der Waals surface area contributed by atoms with Gasteiger partial charge < -0.3 is 15.0 Å². The van der Waals surface area contributed by atoms with Crippen LogP contribution in [0.4, 0.5) is 4.79 Å². The maximum Gasteiger partial charge on any atom is 0.322 e. The summed E-state index contributed by atoms with van der Waals surface area (Å²) in [4.78, 5) is 25.8. The molecule has 2 aromatic rings. The summed E-state index contributed by atoms with van der Waals surface area (Å²) < 4.78 is 5.19. The number of ether oxygens (including phenoxy) is 1. The largest absolute Gasteiger partial charge is 0.497 e. The Kier molecular flexibility index (Phi) is 2.63. The van der Waals surface area contributed by atoms with Gasteiger partial charge in [0, 0.05) is 23.5 Å². The Balaban J connectivity index is 1.92. The molecule has 1 unspecified atom stereocenters. The van der Waals surface area contributed by atoms with E-state index < -0.39 is 12.1 Å². The molecule has 1 atom stereocenters. The topological polar surface area (TPSA) is 83.2 Å². The van der Waals surface area contributed by atoms with Crippen LogP contribution in [0.1, 0.15) is 5.56 Å². The van der Waals surface area contributed by atoms with Crippen LogP contribution in [0.5, 0.6) is 5.75 Å². The van der Waals surface area contributed by atoms with E-state index >= 15 is 0 Å². The average Bonchev–Trinajstić information content (AvgIpc) is 2.93. The molecule has 98 valence electrons. The van der Waals surface area contributed by atoms with Crippen molar-refractivity contribution in [2.24, 2.45) is 0 Å². The molecular formula is C13H13N3O3. The lowest BCUT2D eigenvalue weighted by Crippen LogP contribution is -2.30. The van der Waals surface area contributed by atoms with Crippen molar-refractivity contribution in [1.29, 1.82) is 0 Å². The zero-order chi connectivity index (χ0) is 13.4. The van der Waals surface area contributed by atoms with Gasteiger partial charge in [0.1, 0.15) is 11.8 Å². The van der Waals surface area contributed by atoms with Crippen LogP contribution in [0.15, 0.2) is 24.4 Å². The van der Waals surface area contributed by atoms with Gasteiger partial charge in [0.25, 0.3) is 5.91 Å². The van der Waals surface area contributed by atoms with E-state index in [9.17, 15) is 9.59 Å². The standard InChI is InChI=1S/C13H13N3O3/c1-19-8-2-3-10-9(5-8)7(6-14-10)4-11-12(17)16-13(18)15-11/h2-3,5-6,11,14H,4H2,1H3,(H2,15,16,17,18). The molecule has 6 heteroatoms. The Bertz CT molecular complexity index is 662. The highest BCUT2D eigenvalue weighted by molar-refractivity contribution is 6.04. The molecule has 19 heavy (non-hydrogen) atoms. The van der Waals surface area contributed by atoms with Crippen LogP contribution >= 0.6 is 0 Å². The predicted molar refractivity (Wildman–Crippen MR) is 69.0 cm³/mol. The number of H-pyrrole nitrogens is 1. The molecule has 0 bridgehead atoms. The van der Waals surface area contributed by atoms with Gasteiger partial charge in [-0.15, -0.1) is 0 Å². The molecule has 1 aromatic carbocycles. The Morgan fingerprint density at radius 2 is 2.16 bits per heavy atom. The predicted octanol–water partition coefficient (Wildman–Crippen LogP) is 0.927. The number of nitrogens with one attached hydrogen (secondary N) is 3. The van der Waals surface area contributed by atoms with Gasteiger partial charge in [-0.1, -0.05) is 0 Å². The lowest BCUT2D eigenvalue weighted by atomic mass is 10.1. The van der Waals surface area contributed by atoms with Crippen LogP contribution < -0.4 is 15.4 Å². The SMILES string of the molecule is COc1ccc2[nH]cc(CC3NC(=O)NC3=O)c2c1. The Hall–Kier alpha value is -2.50. The highest BCUT2D eigenvalue weighted by Gasteiger charge is 2.29. The number of imide groups is 1. The van der Waals surface area contributed by atoms with E-state index in [1.54, 1.807) is 7.11 Å². The normalized spacial score (nSPS) is 18.5. The van der Waals surface area contributed by atoms with E-state index in [-0.39, 0.29) is 5.91 Å². The minimum Gasteiger partial charge on any atom is -0.497 e. The van der Waals surface area contributed by atoms with Crippen LogP contribution in [0.25, 0.3) is 10.9 Å². The van der Waals surface area contributed by atoms with Crippen molar-refractivity contribution in [3.63, 3.8) is 0 Å². The van der Waals surface area contributed by atoms with E-state index in [1.165, 1.54) is 0 Å². The first-order chi connectivity index (χ1) is 9.17.